The van der Waals surface area contributed by atoms with Crippen LogP contribution in [0.4, 0.5) is 17.5 Å². The number of hydrogen-bond donors (Lipinski definition) is 3. The van der Waals surface area contributed by atoms with Crippen molar-refractivity contribution >= 4 is 50.9 Å². The molecule has 0 bridgehead atoms. The van der Waals surface area contributed by atoms with Crippen LogP contribution in [0.15, 0.2) is 48.7 Å². The van der Waals surface area contributed by atoms with Crippen LogP contribution in [0, 0.1) is 0 Å². The van der Waals surface area contributed by atoms with Crippen molar-refractivity contribution < 1.29 is 4.74 Å². The van der Waals surface area contributed by atoms with Crippen LogP contribution >= 0.6 is 11.6 Å². The van der Waals surface area contributed by atoms with Crippen molar-refractivity contribution in [2.75, 3.05) is 36.6 Å². The lowest BCUT2D eigenvalue weighted by Crippen LogP contribution is -2.11. The van der Waals surface area contributed by atoms with Crippen LogP contribution in [0.5, 0.6) is 5.75 Å². The molecule has 0 unspecified atom stereocenters. The summed E-state index contributed by atoms with van der Waals surface area (Å²) < 4.78 is 5.40. The molecule has 0 saturated carbocycles. The number of benzene rings is 2. The van der Waals surface area contributed by atoms with Gasteiger partial charge in [-0.25, -0.2) is 9.97 Å². The minimum Gasteiger partial charge on any atom is -0.497 e. The number of nitrogens with one attached hydrogen (secondary N) is 2. The van der Waals surface area contributed by atoms with E-state index in [9.17, 15) is 0 Å². The fraction of sp³-hybridized carbons (Fsp3) is 0.190. The maximum absolute atomic E-state index is 6.18. The summed E-state index contributed by atoms with van der Waals surface area (Å²) in [5.74, 6) is 1.77. The molecular formula is C21H21ClN6O. The van der Waals surface area contributed by atoms with Crippen LogP contribution in [0.3, 0.4) is 0 Å². The van der Waals surface area contributed by atoms with E-state index in [1.54, 1.807) is 19.4 Å². The number of anilines is 3. The number of nitrogens with two attached hydrogens (primary N) is 1. The number of aromatic nitrogens is 3. The highest BCUT2D eigenvalue weighted by molar-refractivity contribution is 6.31. The van der Waals surface area contributed by atoms with Crippen LogP contribution in [0.2, 0.25) is 5.02 Å². The molecule has 7 nitrogen and oxygen atoms in total. The molecule has 4 rings (SSSR count). The average Bonchev–Trinajstić information content (AvgIpc) is 2.72. The third-order valence-electron chi connectivity index (χ3n) is 4.58. The number of rotatable bonds is 7. The summed E-state index contributed by atoms with van der Waals surface area (Å²) in [7, 11) is 1.66. The number of nitrogens with zero attached hydrogens (tertiary/aromatic N) is 3. The Morgan fingerprint density at radius 1 is 0.966 bits per heavy atom. The highest BCUT2D eigenvalue weighted by atomic mass is 35.5. The number of ether oxygens (including phenoxy) is 1. The van der Waals surface area contributed by atoms with Crippen molar-refractivity contribution in [3.05, 3.63) is 53.7 Å². The average molecular weight is 409 g/mol. The first kappa shape index (κ1) is 19.0. The number of pyridine rings is 1. The molecule has 4 aromatic rings. The van der Waals surface area contributed by atoms with Gasteiger partial charge in [0.15, 0.2) is 0 Å². The van der Waals surface area contributed by atoms with Crippen LogP contribution in [0.25, 0.3) is 21.8 Å². The van der Waals surface area contributed by atoms with Gasteiger partial charge in [-0.1, -0.05) is 11.6 Å². The Morgan fingerprint density at radius 2 is 1.83 bits per heavy atom. The van der Waals surface area contributed by atoms with Crippen molar-refractivity contribution in [3.63, 3.8) is 0 Å². The summed E-state index contributed by atoms with van der Waals surface area (Å²) >= 11 is 6.18. The summed E-state index contributed by atoms with van der Waals surface area (Å²) in [6, 6.07) is 13.4. The minimum absolute atomic E-state index is 0.260. The molecule has 8 heteroatoms. The van der Waals surface area contributed by atoms with Gasteiger partial charge in [0, 0.05) is 35.1 Å². The molecule has 0 amide bonds. The standard InChI is InChI=1S/C21H21ClN6O/c1-29-14-4-6-17-16(12-14)20(15-5-3-13(22)11-18(15)27-17)25-9-2-8-24-19-7-10-26-21(23)28-19/h3-7,10-12H,2,8-9H2,1H3,(H,25,27)(H3,23,24,26,28). The van der Waals surface area contributed by atoms with Crippen LogP contribution < -0.4 is 21.1 Å². The molecule has 2 heterocycles. The first-order chi connectivity index (χ1) is 14.1. The van der Waals surface area contributed by atoms with Gasteiger partial charge >= 0.3 is 0 Å². The summed E-state index contributed by atoms with van der Waals surface area (Å²) in [5, 5.41) is 9.51. The van der Waals surface area contributed by atoms with Crippen molar-refractivity contribution in [1.82, 2.24) is 15.0 Å². The summed E-state index contributed by atoms with van der Waals surface area (Å²) in [6.45, 7) is 1.52. The first-order valence-corrected chi connectivity index (χ1v) is 9.65. The van der Waals surface area contributed by atoms with Crippen LogP contribution in [-0.2, 0) is 0 Å². The van der Waals surface area contributed by atoms with Gasteiger partial charge in [-0.2, -0.15) is 4.98 Å². The summed E-state index contributed by atoms with van der Waals surface area (Å²) in [6.07, 6.45) is 2.52. The smallest absolute Gasteiger partial charge is 0.221 e. The number of halogens is 1. The molecule has 0 spiro atoms. The molecule has 0 atom stereocenters. The predicted octanol–water partition coefficient (Wildman–Crippen LogP) is 4.34. The van der Waals surface area contributed by atoms with Crippen LogP contribution in [-0.4, -0.2) is 35.2 Å². The lowest BCUT2D eigenvalue weighted by atomic mass is 10.1. The van der Waals surface area contributed by atoms with Gasteiger partial charge in [0.2, 0.25) is 5.95 Å². The molecule has 148 valence electrons. The maximum atomic E-state index is 6.18. The quantitative estimate of drug-likeness (QED) is 0.309. The number of hydrogen-bond acceptors (Lipinski definition) is 7. The van der Waals surface area contributed by atoms with Crippen molar-refractivity contribution in [3.8, 4) is 5.75 Å². The zero-order valence-corrected chi connectivity index (χ0v) is 16.7. The maximum Gasteiger partial charge on any atom is 0.221 e. The monoisotopic (exact) mass is 408 g/mol. The highest BCUT2D eigenvalue weighted by Gasteiger charge is 2.10. The predicted molar refractivity (Wildman–Crippen MR) is 119 cm³/mol. The second-order valence-electron chi connectivity index (χ2n) is 6.54. The zero-order valence-electron chi connectivity index (χ0n) is 15.9. The second kappa shape index (κ2) is 8.36. The Hall–Kier alpha value is -3.32. The second-order valence-corrected chi connectivity index (χ2v) is 6.97. The van der Waals surface area contributed by atoms with E-state index in [2.05, 4.69) is 20.6 Å². The molecule has 29 heavy (non-hydrogen) atoms. The van der Waals surface area contributed by atoms with Gasteiger partial charge < -0.3 is 21.1 Å². The number of nitrogen functional groups attached to an aromatic ring is 1. The topological polar surface area (TPSA) is 98.0 Å². The van der Waals surface area contributed by atoms with Crippen LogP contribution in [0.1, 0.15) is 6.42 Å². The van der Waals surface area contributed by atoms with Crippen molar-refractivity contribution in [2.45, 2.75) is 6.42 Å². The molecule has 4 N–H and O–H groups in total. The Kier molecular flexibility index (Phi) is 5.48. The highest BCUT2D eigenvalue weighted by Crippen LogP contribution is 2.34. The van der Waals surface area contributed by atoms with E-state index in [-0.39, 0.29) is 5.95 Å². The van der Waals surface area contributed by atoms with Crippen molar-refractivity contribution in [2.24, 2.45) is 0 Å². The van der Waals surface area contributed by atoms with Gasteiger partial charge in [-0.3, -0.25) is 0 Å². The fourth-order valence-corrected chi connectivity index (χ4v) is 3.37. The third kappa shape index (κ3) is 4.25. The third-order valence-corrected chi connectivity index (χ3v) is 4.81. The first-order valence-electron chi connectivity index (χ1n) is 9.27. The Morgan fingerprint density at radius 3 is 2.66 bits per heavy atom. The molecule has 0 saturated heterocycles. The molecule has 0 radical (unpaired) electrons. The normalized spacial score (nSPS) is 11.0. The number of fused-ring (bicyclic) bond motifs is 2. The molecule has 2 aromatic carbocycles. The number of methoxy groups -OCH3 is 1. The molecule has 0 aliphatic rings. The van der Waals surface area contributed by atoms with Gasteiger partial charge in [0.05, 0.1) is 23.8 Å². The summed E-state index contributed by atoms with van der Waals surface area (Å²) in [5.41, 5.74) is 8.37. The Labute approximate surface area is 173 Å². The van der Waals surface area contributed by atoms with Crippen molar-refractivity contribution in [1.29, 1.82) is 0 Å². The van der Waals surface area contributed by atoms with Gasteiger partial charge in [-0.05, 0) is 48.9 Å². The van der Waals surface area contributed by atoms with E-state index in [1.165, 1.54) is 0 Å². The molecule has 0 aliphatic heterocycles. The lowest BCUT2D eigenvalue weighted by molar-refractivity contribution is 0.415. The van der Waals surface area contributed by atoms with E-state index in [0.717, 1.165) is 58.6 Å². The van der Waals surface area contributed by atoms with E-state index in [1.807, 2.05) is 36.4 Å². The van der Waals surface area contributed by atoms with Gasteiger partial charge in [-0.15, -0.1) is 0 Å². The SMILES string of the molecule is COc1ccc2nc3cc(Cl)ccc3c(NCCCNc3ccnc(N)n3)c2c1. The largest absolute Gasteiger partial charge is 0.497 e. The fourth-order valence-electron chi connectivity index (χ4n) is 3.20. The van der Waals surface area contributed by atoms with Gasteiger partial charge in [0.1, 0.15) is 11.6 Å². The minimum atomic E-state index is 0.260. The van der Waals surface area contributed by atoms with E-state index in [0.29, 0.717) is 5.02 Å². The molecule has 0 aliphatic carbocycles. The van der Waals surface area contributed by atoms with E-state index < -0.39 is 0 Å². The van der Waals surface area contributed by atoms with Gasteiger partial charge in [0.25, 0.3) is 0 Å². The Bertz CT molecular complexity index is 1170. The molecule has 0 fully saturated rings. The Balaban J connectivity index is 1.55. The molecule has 2 aromatic heterocycles. The lowest BCUT2D eigenvalue weighted by Gasteiger charge is -2.14. The summed E-state index contributed by atoms with van der Waals surface area (Å²) in [4.78, 5) is 12.8. The zero-order chi connectivity index (χ0) is 20.2. The van der Waals surface area contributed by atoms with E-state index in [4.69, 9.17) is 27.1 Å². The molecular weight excluding hydrogens is 388 g/mol. The van der Waals surface area contributed by atoms with E-state index >= 15 is 0 Å².